The third-order valence-electron chi connectivity index (χ3n) is 2.65. The molecule has 86 valence electrons. The van der Waals surface area contributed by atoms with Crippen LogP contribution in [0.5, 0.6) is 0 Å². The summed E-state index contributed by atoms with van der Waals surface area (Å²) in [5, 5.41) is 3.25. The van der Waals surface area contributed by atoms with Gasteiger partial charge in [0.1, 0.15) is 0 Å². The number of thiocarbonyl (C=S) groups is 1. The summed E-state index contributed by atoms with van der Waals surface area (Å²) in [5.41, 5.74) is 0. The average Bonchev–Trinajstić information content (AvgIpc) is 2.51. The van der Waals surface area contributed by atoms with Gasteiger partial charge in [-0.15, -0.1) is 0 Å². The minimum Gasteiger partial charge on any atom is -0.340 e. The summed E-state index contributed by atoms with van der Waals surface area (Å²) in [4.78, 5) is 13.0. The van der Waals surface area contributed by atoms with Crippen molar-refractivity contribution in [2.45, 2.75) is 45.4 Å². The Morgan fingerprint density at radius 2 is 1.93 bits per heavy atom. The smallest absolute Gasteiger partial charge is 0.245 e. The molecule has 3 nitrogen and oxygen atoms in total. The van der Waals surface area contributed by atoms with Crippen molar-refractivity contribution in [1.29, 1.82) is 0 Å². The topological polar surface area (TPSA) is 32.3 Å². The van der Waals surface area contributed by atoms with Gasteiger partial charge in [-0.2, -0.15) is 0 Å². The van der Waals surface area contributed by atoms with Crippen LogP contribution in [0.1, 0.15) is 45.4 Å². The summed E-state index contributed by atoms with van der Waals surface area (Å²) < 4.78 is 0. The zero-order valence-corrected chi connectivity index (χ0v) is 10.2. The van der Waals surface area contributed by atoms with Crippen LogP contribution in [0.2, 0.25) is 0 Å². The monoisotopic (exact) mass is 228 g/mol. The third-order valence-corrected chi connectivity index (χ3v) is 3.01. The zero-order chi connectivity index (χ0) is 11.1. The van der Waals surface area contributed by atoms with Gasteiger partial charge in [-0.05, 0) is 18.6 Å². The number of carbonyl (C=O) groups excluding carboxylic acids is 1. The molecule has 0 spiro atoms. The molecule has 0 aliphatic carbocycles. The van der Waals surface area contributed by atoms with Gasteiger partial charge < -0.3 is 10.2 Å². The van der Waals surface area contributed by atoms with Gasteiger partial charge in [0.15, 0.2) is 5.11 Å². The zero-order valence-electron chi connectivity index (χ0n) is 9.42. The molecular formula is C11H20N2OS. The van der Waals surface area contributed by atoms with Gasteiger partial charge in [0, 0.05) is 6.54 Å². The first-order valence-electron chi connectivity index (χ1n) is 5.82. The minimum atomic E-state index is 0.0333. The lowest BCUT2D eigenvalue weighted by molar-refractivity contribution is -0.118. The second kappa shape index (κ2) is 6.77. The first-order chi connectivity index (χ1) is 7.24. The largest absolute Gasteiger partial charge is 0.340 e. The molecule has 0 aromatic rings. The van der Waals surface area contributed by atoms with Crippen molar-refractivity contribution in [2.24, 2.45) is 0 Å². The number of amides is 1. The molecule has 15 heavy (non-hydrogen) atoms. The van der Waals surface area contributed by atoms with E-state index in [1.807, 2.05) is 4.90 Å². The molecule has 0 radical (unpaired) electrons. The van der Waals surface area contributed by atoms with E-state index in [0.29, 0.717) is 11.7 Å². The predicted molar refractivity (Wildman–Crippen MR) is 65.7 cm³/mol. The standard InChI is InChI=1S/C11H20N2OS/c1-2-3-4-5-6-7-8-13-9-10(14)12-11(13)15/h2-9H2,1H3,(H,12,14,15). The second-order valence-corrected chi connectivity index (χ2v) is 4.43. The molecule has 1 rings (SSSR count). The third kappa shape index (κ3) is 4.60. The van der Waals surface area contributed by atoms with Crippen molar-refractivity contribution in [3.05, 3.63) is 0 Å². The summed E-state index contributed by atoms with van der Waals surface area (Å²) in [6, 6.07) is 0. The van der Waals surface area contributed by atoms with Crippen LogP contribution in [0, 0.1) is 0 Å². The highest BCUT2D eigenvalue weighted by molar-refractivity contribution is 7.80. The Hall–Kier alpha value is -0.640. The fourth-order valence-electron chi connectivity index (χ4n) is 1.75. The van der Waals surface area contributed by atoms with E-state index >= 15 is 0 Å². The number of nitrogens with zero attached hydrogens (tertiary/aromatic N) is 1. The minimum absolute atomic E-state index is 0.0333. The molecule has 0 aromatic heterocycles. The van der Waals surface area contributed by atoms with E-state index in [9.17, 15) is 4.79 Å². The van der Waals surface area contributed by atoms with Gasteiger partial charge in [-0.1, -0.05) is 39.0 Å². The SMILES string of the molecule is CCCCCCCCN1CC(=O)NC1=S. The van der Waals surface area contributed by atoms with Crippen molar-refractivity contribution in [2.75, 3.05) is 13.1 Å². The van der Waals surface area contributed by atoms with Gasteiger partial charge in [0.25, 0.3) is 0 Å². The molecule has 1 aliphatic rings. The maximum absolute atomic E-state index is 11.0. The van der Waals surface area contributed by atoms with Crippen molar-refractivity contribution < 1.29 is 4.79 Å². The molecule has 0 aromatic carbocycles. The molecular weight excluding hydrogens is 208 g/mol. The molecule has 1 heterocycles. The molecule has 0 saturated carbocycles. The van der Waals surface area contributed by atoms with Crippen molar-refractivity contribution in [3.8, 4) is 0 Å². The van der Waals surface area contributed by atoms with Crippen molar-refractivity contribution in [1.82, 2.24) is 10.2 Å². The lowest BCUT2D eigenvalue weighted by atomic mass is 10.1. The van der Waals surface area contributed by atoms with E-state index in [0.717, 1.165) is 13.0 Å². The van der Waals surface area contributed by atoms with E-state index in [4.69, 9.17) is 12.2 Å². The second-order valence-electron chi connectivity index (χ2n) is 4.04. The molecule has 1 N–H and O–H groups in total. The van der Waals surface area contributed by atoms with E-state index in [-0.39, 0.29) is 5.91 Å². The van der Waals surface area contributed by atoms with Gasteiger partial charge in [0.2, 0.25) is 5.91 Å². The Labute approximate surface area is 97.2 Å². The number of hydrogen-bond donors (Lipinski definition) is 1. The van der Waals surface area contributed by atoms with Crippen LogP contribution < -0.4 is 5.32 Å². The molecule has 1 fully saturated rings. The quantitative estimate of drug-likeness (QED) is 0.535. The van der Waals surface area contributed by atoms with Gasteiger partial charge in [-0.25, -0.2) is 0 Å². The van der Waals surface area contributed by atoms with E-state index in [1.165, 1.54) is 32.1 Å². The number of carbonyl (C=O) groups is 1. The van der Waals surface area contributed by atoms with Crippen LogP contribution in [0.25, 0.3) is 0 Å². The normalized spacial score (nSPS) is 15.9. The first-order valence-corrected chi connectivity index (χ1v) is 6.23. The van der Waals surface area contributed by atoms with Crippen LogP contribution in [0.4, 0.5) is 0 Å². The molecule has 0 unspecified atom stereocenters. The Morgan fingerprint density at radius 1 is 1.27 bits per heavy atom. The summed E-state index contributed by atoms with van der Waals surface area (Å²) in [7, 11) is 0. The highest BCUT2D eigenvalue weighted by Gasteiger charge is 2.21. The van der Waals surface area contributed by atoms with E-state index < -0.39 is 0 Å². The fraction of sp³-hybridized carbons (Fsp3) is 0.818. The molecule has 1 aliphatic heterocycles. The van der Waals surface area contributed by atoms with Gasteiger partial charge in [-0.3, -0.25) is 4.79 Å². The predicted octanol–water partition coefficient (Wildman–Crippen LogP) is 2.06. The summed E-state index contributed by atoms with van der Waals surface area (Å²) >= 11 is 5.03. The average molecular weight is 228 g/mol. The van der Waals surface area contributed by atoms with Crippen LogP contribution in [-0.2, 0) is 4.79 Å². The van der Waals surface area contributed by atoms with Crippen LogP contribution in [0.3, 0.4) is 0 Å². The molecule has 0 atom stereocenters. The summed E-state index contributed by atoms with van der Waals surface area (Å²) in [6.07, 6.45) is 7.64. The summed E-state index contributed by atoms with van der Waals surface area (Å²) in [6.45, 7) is 3.59. The molecule has 0 bridgehead atoms. The van der Waals surface area contributed by atoms with E-state index in [2.05, 4.69) is 12.2 Å². The van der Waals surface area contributed by atoms with Crippen molar-refractivity contribution in [3.63, 3.8) is 0 Å². The lowest BCUT2D eigenvalue weighted by Crippen LogP contribution is -2.28. The van der Waals surface area contributed by atoms with Gasteiger partial charge in [0.05, 0.1) is 6.54 Å². The van der Waals surface area contributed by atoms with Gasteiger partial charge >= 0.3 is 0 Å². The number of hydrogen-bond acceptors (Lipinski definition) is 2. The maximum atomic E-state index is 11.0. The van der Waals surface area contributed by atoms with Crippen LogP contribution in [0.15, 0.2) is 0 Å². The number of rotatable bonds is 7. The highest BCUT2D eigenvalue weighted by atomic mass is 32.1. The Bertz CT molecular complexity index is 231. The number of unbranched alkanes of at least 4 members (excludes halogenated alkanes) is 5. The molecule has 1 saturated heterocycles. The molecule has 1 amide bonds. The fourth-order valence-corrected chi connectivity index (χ4v) is 2.02. The lowest BCUT2D eigenvalue weighted by Gasteiger charge is -2.14. The molecule has 4 heteroatoms. The Balaban J connectivity index is 2.00. The van der Waals surface area contributed by atoms with Crippen LogP contribution >= 0.6 is 12.2 Å². The number of nitrogens with one attached hydrogen (secondary N) is 1. The van der Waals surface area contributed by atoms with E-state index in [1.54, 1.807) is 0 Å². The van der Waals surface area contributed by atoms with Crippen molar-refractivity contribution >= 4 is 23.2 Å². The Kier molecular flexibility index (Phi) is 5.61. The first kappa shape index (κ1) is 12.4. The highest BCUT2D eigenvalue weighted by Crippen LogP contribution is 2.07. The van der Waals surface area contributed by atoms with Crippen LogP contribution in [-0.4, -0.2) is 29.0 Å². The Morgan fingerprint density at radius 3 is 2.53 bits per heavy atom. The maximum Gasteiger partial charge on any atom is 0.245 e. The summed E-state index contributed by atoms with van der Waals surface area (Å²) in [5.74, 6) is 0.0333.